The number of nitrogens with one attached hydrogen (secondary N) is 2. The molecule has 18 heteroatoms. The highest BCUT2D eigenvalue weighted by Gasteiger charge is 2.40. The van der Waals surface area contributed by atoms with E-state index in [-0.39, 0.29) is 29.2 Å². The van der Waals surface area contributed by atoms with Crippen LogP contribution in [0, 0.1) is 37.5 Å². The molecule has 2 unspecified atom stereocenters. The molecule has 66 heavy (non-hydrogen) atoms. The zero-order valence-electron chi connectivity index (χ0n) is 37.3. The first-order valence-electron chi connectivity index (χ1n) is 20.7. The lowest BCUT2D eigenvalue weighted by atomic mass is 10.0. The van der Waals surface area contributed by atoms with E-state index >= 15 is 0 Å². The summed E-state index contributed by atoms with van der Waals surface area (Å²) in [7, 11) is -3.38. The van der Waals surface area contributed by atoms with Crippen LogP contribution in [-0.4, -0.2) is 125 Å². The van der Waals surface area contributed by atoms with Crippen molar-refractivity contribution in [2.24, 2.45) is 0 Å². The highest BCUT2D eigenvalue weighted by molar-refractivity contribution is 7.89. The highest BCUT2D eigenvalue weighted by atomic mass is 32.2. The van der Waals surface area contributed by atoms with E-state index in [0.29, 0.717) is 37.2 Å². The van der Waals surface area contributed by atoms with Crippen molar-refractivity contribution in [3.63, 3.8) is 0 Å². The SMILES string of the molecule is COCC#Cc1ccc(CC(NC(=O)CN(C)S(=O)(=O)c2ccc(C)cc2)C(=O)O)cc1.COCC#Cc1ccc(CC(NC(=O)[C@@H]2CCCN2S(=O)(=O)c2ccc(C)cc2)C(=O)O)cc1. The van der Waals surface area contributed by atoms with E-state index in [4.69, 9.17) is 9.47 Å². The van der Waals surface area contributed by atoms with Gasteiger partial charge in [0.05, 0.1) is 16.3 Å². The van der Waals surface area contributed by atoms with E-state index in [9.17, 15) is 46.2 Å². The molecule has 0 saturated carbocycles. The lowest BCUT2D eigenvalue weighted by Gasteiger charge is -2.25. The Labute approximate surface area is 386 Å². The minimum Gasteiger partial charge on any atom is -0.480 e. The van der Waals surface area contributed by atoms with E-state index in [1.807, 2.05) is 13.8 Å². The van der Waals surface area contributed by atoms with Gasteiger partial charge in [-0.2, -0.15) is 8.61 Å². The number of sulfonamides is 2. The number of ether oxygens (including phenoxy) is 2. The molecule has 0 aromatic heterocycles. The van der Waals surface area contributed by atoms with Crippen molar-refractivity contribution in [1.82, 2.24) is 19.2 Å². The zero-order chi connectivity index (χ0) is 48.4. The number of methoxy groups -OCH3 is 2. The fraction of sp³-hybridized carbons (Fsp3) is 0.333. The summed E-state index contributed by atoms with van der Waals surface area (Å²) in [5.41, 5.74) is 4.75. The lowest BCUT2D eigenvalue weighted by Crippen LogP contribution is -2.51. The zero-order valence-corrected chi connectivity index (χ0v) is 38.9. The number of rotatable bonds is 17. The molecular formula is C48H54N4O12S2. The van der Waals surface area contributed by atoms with Crippen LogP contribution in [0.25, 0.3) is 0 Å². The van der Waals surface area contributed by atoms with Gasteiger partial charge in [-0.1, -0.05) is 83.3 Å². The molecule has 0 spiro atoms. The summed E-state index contributed by atoms with van der Waals surface area (Å²) in [5, 5.41) is 24.1. The van der Waals surface area contributed by atoms with Crippen LogP contribution in [0.2, 0.25) is 0 Å². The average molecular weight is 943 g/mol. The second-order valence-corrected chi connectivity index (χ2v) is 19.2. The fourth-order valence-electron chi connectivity index (χ4n) is 6.56. The smallest absolute Gasteiger partial charge is 0.326 e. The number of hydrogen-bond acceptors (Lipinski definition) is 10. The van der Waals surface area contributed by atoms with Crippen molar-refractivity contribution in [2.75, 3.05) is 47.6 Å². The number of benzene rings is 4. The van der Waals surface area contributed by atoms with Crippen molar-refractivity contribution in [2.45, 2.75) is 67.4 Å². The Morgan fingerprint density at radius 1 is 0.697 bits per heavy atom. The largest absolute Gasteiger partial charge is 0.480 e. The summed E-state index contributed by atoms with van der Waals surface area (Å²) >= 11 is 0. The molecule has 1 saturated heterocycles. The van der Waals surface area contributed by atoms with Crippen LogP contribution in [0.5, 0.6) is 0 Å². The molecule has 1 aliphatic heterocycles. The van der Waals surface area contributed by atoms with Gasteiger partial charge in [0, 0.05) is 51.8 Å². The van der Waals surface area contributed by atoms with Crippen LogP contribution in [0.3, 0.4) is 0 Å². The Morgan fingerprint density at radius 2 is 1.14 bits per heavy atom. The standard InChI is InChI=1S/C25H28N2O6S.C23H26N2O6S/c1-18-7-13-21(14-8-18)34(31,32)27-15-3-6-23(27)24(28)26-22(25(29)30)17-20-11-9-19(10-12-20)5-4-16-33-2;1-17-6-12-20(13-7-17)32(29,30)25(2)16-22(26)24-21(23(27)28)15-19-10-8-18(9-11-19)5-4-14-31-3/h7-14,22-23H,3,6,15-17H2,1-2H3,(H,26,28)(H,29,30);6-13,21H,14-16H2,1-3H3,(H,24,26)(H,27,28)/t22?,23-;/m0./s1. The molecule has 4 N–H and O–H groups in total. The Bertz CT molecular complexity index is 2650. The number of carboxylic acids is 2. The molecule has 0 aliphatic carbocycles. The third kappa shape index (κ3) is 15.4. The maximum Gasteiger partial charge on any atom is 0.326 e. The maximum atomic E-state index is 13.1. The number of aryl methyl sites for hydroxylation is 2. The normalized spacial score (nSPS) is 14.5. The number of carbonyl (C=O) groups excluding carboxylic acids is 2. The summed E-state index contributed by atoms with van der Waals surface area (Å²) in [6, 6.07) is 23.3. The molecule has 0 bridgehead atoms. The molecule has 3 atom stereocenters. The van der Waals surface area contributed by atoms with Gasteiger partial charge in [0.2, 0.25) is 31.9 Å². The topological polar surface area (TPSA) is 226 Å². The predicted octanol–water partition coefficient (Wildman–Crippen LogP) is 3.38. The second kappa shape index (κ2) is 24.8. The van der Waals surface area contributed by atoms with Crippen molar-refractivity contribution in [3.8, 4) is 23.7 Å². The van der Waals surface area contributed by atoms with Gasteiger partial charge in [0.15, 0.2) is 0 Å². The molecular weight excluding hydrogens is 889 g/mol. The highest BCUT2D eigenvalue weighted by Crippen LogP contribution is 2.27. The lowest BCUT2D eigenvalue weighted by molar-refractivity contribution is -0.142. The van der Waals surface area contributed by atoms with Gasteiger partial charge in [-0.05, 0) is 86.3 Å². The Morgan fingerprint density at radius 3 is 1.58 bits per heavy atom. The number of nitrogens with zero attached hydrogens (tertiary/aromatic N) is 2. The first-order chi connectivity index (χ1) is 31.3. The molecule has 4 aromatic carbocycles. The molecule has 2 amide bonds. The maximum absolute atomic E-state index is 13.1. The molecule has 5 rings (SSSR count). The number of likely N-dealkylation sites (N-methyl/N-ethyl adjacent to an activating group) is 1. The van der Waals surface area contributed by atoms with Crippen LogP contribution >= 0.6 is 0 Å². The number of carbonyl (C=O) groups is 4. The minimum absolute atomic E-state index is 0.0429. The molecule has 0 radical (unpaired) electrons. The van der Waals surface area contributed by atoms with Gasteiger partial charge in [0.25, 0.3) is 0 Å². The summed E-state index contributed by atoms with van der Waals surface area (Å²) in [4.78, 5) is 49.0. The van der Waals surface area contributed by atoms with E-state index in [1.54, 1.807) is 87.0 Å². The summed E-state index contributed by atoms with van der Waals surface area (Å²) in [5.74, 6) is 7.78. The van der Waals surface area contributed by atoms with Crippen molar-refractivity contribution < 1.29 is 55.7 Å². The summed E-state index contributed by atoms with van der Waals surface area (Å²) < 4.78 is 63.3. The quantitative estimate of drug-likeness (QED) is 0.112. The molecule has 1 aliphatic rings. The van der Waals surface area contributed by atoms with Gasteiger partial charge in [-0.3, -0.25) is 9.59 Å². The van der Waals surface area contributed by atoms with Crippen LogP contribution in [0.15, 0.2) is 107 Å². The van der Waals surface area contributed by atoms with Crippen molar-refractivity contribution in [3.05, 3.63) is 130 Å². The van der Waals surface area contributed by atoms with Gasteiger partial charge < -0.3 is 30.3 Å². The van der Waals surface area contributed by atoms with Crippen LogP contribution in [-0.2, 0) is 61.5 Å². The van der Waals surface area contributed by atoms with E-state index < -0.39 is 68.5 Å². The molecule has 16 nitrogen and oxygen atoms in total. The molecule has 4 aromatic rings. The van der Waals surface area contributed by atoms with Gasteiger partial charge in [-0.25, -0.2) is 26.4 Å². The van der Waals surface area contributed by atoms with Gasteiger partial charge in [0.1, 0.15) is 31.3 Å². The van der Waals surface area contributed by atoms with E-state index in [2.05, 4.69) is 34.3 Å². The van der Waals surface area contributed by atoms with Gasteiger partial charge in [-0.15, -0.1) is 0 Å². The molecule has 1 fully saturated rings. The number of hydrogen-bond donors (Lipinski definition) is 4. The number of carboxylic acid groups (broad SMARTS) is 2. The van der Waals surface area contributed by atoms with Crippen LogP contribution in [0.4, 0.5) is 0 Å². The van der Waals surface area contributed by atoms with E-state index in [0.717, 1.165) is 26.6 Å². The summed E-state index contributed by atoms with van der Waals surface area (Å²) in [6.45, 7) is 4.01. The third-order valence-electron chi connectivity index (χ3n) is 10.2. The van der Waals surface area contributed by atoms with Crippen LogP contribution in [0.1, 0.15) is 46.2 Å². The van der Waals surface area contributed by atoms with Crippen molar-refractivity contribution in [1.29, 1.82) is 0 Å². The van der Waals surface area contributed by atoms with E-state index in [1.165, 1.54) is 35.6 Å². The second-order valence-electron chi connectivity index (χ2n) is 15.3. The fourth-order valence-corrected chi connectivity index (χ4v) is 9.34. The first-order valence-corrected chi connectivity index (χ1v) is 23.5. The first kappa shape index (κ1) is 52.2. The number of amides is 2. The van der Waals surface area contributed by atoms with Gasteiger partial charge >= 0.3 is 11.9 Å². The summed E-state index contributed by atoms with van der Waals surface area (Å²) in [6.07, 6.45) is 0.955. The molecule has 1 heterocycles. The molecule has 350 valence electrons. The number of aliphatic carboxylic acids is 2. The predicted molar refractivity (Wildman–Crippen MR) is 246 cm³/mol. The average Bonchev–Trinajstić information content (AvgIpc) is 3.79. The Hall–Kier alpha value is -6.38. The van der Waals surface area contributed by atoms with Crippen molar-refractivity contribution >= 4 is 43.8 Å². The Balaban J connectivity index is 0.000000289. The van der Waals surface area contributed by atoms with Crippen LogP contribution < -0.4 is 10.6 Å². The minimum atomic E-state index is -3.88. The third-order valence-corrected chi connectivity index (χ3v) is 13.9. The monoisotopic (exact) mass is 942 g/mol. The Kier molecular flexibility index (Phi) is 19.6.